The van der Waals surface area contributed by atoms with Gasteiger partial charge in [-0.3, -0.25) is 4.79 Å². The van der Waals surface area contributed by atoms with E-state index in [9.17, 15) is 4.79 Å². The van der Waals surface area contributed by atoms with E-state index in [1.54, 1.807) is 0 Å². The summed E-state index contributed by atoms with van der Waals surface area (Å²) in [6.45, 7) is 8.02. The lowest BCUT2D eigenvalue weighted by molar-refractivity contribution is -0.129. The molecule has 3 heteroatoms. The number of halogens is 1. The SMILES string of the molecule is Cc1ccc(CC(=O)C2(C(C)C)CCNC2)c(Cl)c1. The zero-order valence-electron chi connectivity index (χ0n) is 11.9. The molecule has 1 atom stereocenters. The molecular formula is C16H22ClNO. The molecule has 0 aliphatic carbocycles. The lowest BCUT2D eigenvalue weighted by Gasteiger charge is -2.31. The number of hydrogen-bond donors (Lipinski definition) is 1. The van der Waals surface area contributed by atoms with Crippen molar-refractivity contribution in [2.75, 3.05) is 13.1 Å². The third-order valence-corrected chi connectivity index (χ3v) is 4.76. The van der Waals surface area contributed by atoms with Crippen molar-refractivity contribution >= 4 is 17.4 Å². The minimum absolute atomic E-state index is 0.214. The van der Waals surface area contributed by atoms with Crippen molar-refractivity contribution in [3.63, 3.8) is 0 Å². The molecule has 1 N–H and O–H groups in total. The summed E-state index contributed by atoms with van der Waals surface area (Å²) in [5.74, 6) is 0.678. The molecule has 1 fully saturated rings. The first kappa shape index (κ1) is 14.5. The maximum atomic E-state index is 12.7. The van der Waals surface area contributed by atoms with Crippen molar-refractivity contribution in [2.45, 2.75) is 33.6 Å². The van der Waals surface area contributed by atoms with Crippen LogP contribution in [0, 0.1) is 18.3 Å². The van der Waals surface area contributed by atoms with Gasteiger partial charge in [0.2, 0.25) is 0 Å². The Balaban J connectivity index is 2.20. The van der Waals surface area contributed by atoms with Crippen LogP contribution in [0.3, 0.4) is 0 Å². The molecule has 1 aromatic rings. The molecule has 104 valence electrons. The van der Waals surface area contributed by atoms with Gasteiger partial charge in [0.1, 0.15) is 5.78 Å². The van der Waals surface area contributed by atoms with E-state index in [4.69, 9.17) is 11.6 Å². The Bertz CT molecular complexity index is 476. The van der Waals surface area contributed by atoms with Gasteiger partial charge in [-0.25, -0.2) is 0 Å². The van der Waals surface area contributed by atoms with Gasteiger partial charge in [-0.2, -0.15) is 0 Å². The molecule has 0 amide bonds. The predicted molar refractivity (Wildman–Crippen MR) is 79.7 cm³/mol. The zero-order chi connectivity index (χ0) is 14.0. The summed E-state index contributed by atoms with van der Waals surface area (Å²) < 4.78 is 0. The second kappa shape index (κ2) is 5.64. The van der Waals surface area contributed by atoms with Crippen LogP contribution in [0.25, 0.3) is 0 Å². The maximum absolute atomic E-state index is 12.7. The molecule has 1 aromatic carbocycles. The molecule has 0 aromatic heterocycles. The topological polar surface area (TPSA) is 29.1 Å². The normalized spacial score (nSPS) is 23.0. The second-order valence-corrected chi connectivity index (χ2v) is 6.34. The van der Waals surface area contributed by atoms with Crippen molar-refractivity contribution in [3.05, 3.63) is 34.3 Å². The zero-order valence-corrected chi connectivity index (χ0v) is 12.7. The van der Waals surface area contributed by atoms with Crippen LogP contribution in [0.15, 0.2) is 18.2 Å². The van der Waals surface area contributed by atoms with Crippen molar-refractivity contribution in [3.8, 4) is 0 Å². The summed E-state index contributed by atoms with van der Waals surface area (Å²) >= 11 is 6.24. The van der Waals surface area contributed by atoms with Gasteiger partial charge in [0.15, 0.2) is 0 Å². The Morgan fingerprint density at radius 2 is 2.21 bits per heavy atom. The van der Waals surface area contributed by atoms with Crippen LogP contribution < -0.4 is 5.32 Å². The fraction of sp³-hybridized carbons (Fsp3) is 0.562. The summed E-state index contributed by atoms with van der Waals surface area (Å²) in [6, 6.07) is 5.93. The lowest BCUT2D eigenvalue weighted by Crippen LogP contribution is -2.39. The Kier molecular flexibility index (Phi) is 4.32. The van der Waals surface area contributed by atoms with Gasteiger partial charge in [0.25, 0.3) is 0 Å². The molecule has 0 bridgehead atoms. The van der Waals surface area contributed by atoms with E-state index >= 15 is 0 Å². The number of carbonyl (C=O) groups is 1. The van der Waals surface area contributed by atoms with Gasteiger partial charge in [0.05, 0.1) is 0 Å². The average Bonchev–Trinajstić information content (AvgIpc) is 2.83. The number of aryl methyl sites for hydroxylation is 1. The quantitative estimate of drug-likeness (QED) is 0.915. The van der Waals surface area contributed by atoms with Crippen LogP contribution in [-0.4, -0.2) is 18.9 Å². The van der Waals surface area contributed by atoms with Gasteiger partial charge in [-0.1, -0.05) is 37.6 Å². The Morgan fingerprint density at radius 1 is 1.47 bits per heavy atom. The summed E-state index contributed by atoms with van der Waals surface area (Å²) in [6.07, 6.45) is 1.38. The standard InChI is InChI=1S/C16H22ClNO/c1-11(2)16(6-7-18-10-16)15(19)9-13-5-4-12(3)8-14(13)17/h4-5,8,11,18H,6-7,9-10H2,1-3H3. The van der Waals surface area contributed by atoms with Gasteiger partial charge in [-0.15, -0.1) is 0 Å². The first-order valence-corrected chi connectivity index (χ1v) is 7.32. The summed E-state index contributed by atoms with van der Waals surface area (Å²) in [7, 11) is 0. The molecule has 1 heterocycles. The molecule has 2 nitrogen and oxygen atoms in total. The molecule has 1 unspecified atom stereocenters. The third kappa shape index (κ3) is 2.85. The Morgan fingerprint density at radius 3 is 2.74 bits per heavy atom. The van der Waals surface area contributed by atoms with E-state index in [1.807, 2.05) is 25.1 Å². The second-order valence-electron chi connectivity index (χ2n) is 5.93. The number of rotatable bonds is 4. The molecule has 19 heavy (non-hydrogen) atoms. The van der Waals surface area contributed by atoms with Crippen LogP contribution in [0.4, 0.5) is 0 Å². The van der Waals surface area contributed by atoms with Crippen molar-refractivity contribution in [1.82, 2.24) is 5.32 Å². The number of nitrogens with one attached hydrogen (secondary N) is 1. The van der Waals surface area contributed by atoms with E-state index in [1.165, 1.54) is 0 Å². The molecule has 0 radical (unpaired) electrons. The molecule has 1 aliphatic rings. The highest BCUT2D eigenvalue weighted by Crippen LogP contribution is 2.36. The highest BCUT2D eigenvalue weighted by molar-refractivity contribution is 6.31. The first-order valence-electron chi connectivity index (χ1n) is 6.95. The van der Waals surface area contributed by atoms with Crippen LogP contribution in [0.1, 0.15) is 31.4 Å². The highest BCUT2D eigenvalue weighted by atomic mass is 35.5. The van der Waals surface area contributed by atoms with E-state index in [0.29, 0.717) is 23.1 Å². The number of ketones is 1. The van der Waals surface area contributed by atoms with Gasteiger partial charge >= 0.3 is 0 Å². The Hall–Kier alpha value is -0.860. The molecule has 1 saturated heterocycles. The van der Waals surface area contributed by atoms with Crippen molar-refractivity contribution in [2.24, 2.45) is 11.3 Å². The van der Waals surface area contributed by atoms with Crippen LogP contribution in [0.2, 0.25) is 5.02 Å². The maximum Gasteiger partial charge on any atom is 0.145 e. The number of benzene rings is 1. The fourth-order valence-corrected chi connectivity index (χ4v) is 3.21. The predicted octanol–water partition coefficient (Wildman–Crippen LogP) is 3.40. The lowest BCUT2D eigenvalue weighted by atomic mass is 9.71. The number of Topliss-reactive ketones (excluding diaryl/α,β-unsaturated/α-hetero) is 1. The molecule has 0 saturated carbocycles. The van der Waals surface area contributed by atoms with Crippen molar-refractivity contribution < 1.29 is 4.79 Å². The minimum atomic E-state index is -0.214. The smallest absolute Gasteiger partial charge is 0.145 e. The third-order valence-electron chi connectivity index (χ3n) is 4.41. The van der Waals surface area contributed by atoms with E-state index in [2.05, 4.69) is 19.2 Å². The van der Waals surface area contributed by atoms with E-state index in [-0.39, 0.29) is 5.41 Å². The molecular weight excluding hydrogens is 258 g/mol. The van der Waals surface area contributed by atoms with Gasteiger partial charge in [0, 0.05) is 23.4 Å². The first-order chi connectivity index (χ1) is 8.95. The number of hydrogen-bond acceptors (Lipinski definition) is 2. The monoisotopic (exact) mass is 279 g/mol. The molecule has 0 spiro atoms. The largest absolute Gasteiger partial charge is 0.316 e. The van der Waals surface area contributed by atoms with E-state index < -0.39 is 0 Å². The van der Waals surface area contributed by atoms with E-state index in [0.717, 1.165) is 30.6 Å². The van der Waals surface area contributed by atoms with Crippen LogP contribution in [0.5, 0.6) is 0 Å². The average molecular weight is 280 g/mol. The fourth-order valence-electron chi connectivity index (χ4n) is 2.91. The van der Waals surface area contributed by atoms with Crippen molar-refractivity contribution in [1.29, 1.82) is 0 Å². The van der Waals surface area contributed by atoms with Gasteiger partial charge in [-0.05, 0) is 43.0 Å². The highest BCUT2D eigenvalue weighted by Gasteiger charge is 2.43. The summed E-state index contributed by atoms with van der Waals surface area (Å²) in [5.41, 5.74) is 1.86. The van der Waals surface area contributed by atoms with Crippen LogP contribution >= 0.6 is 11.6 Å². The number of carbonyl (C=O) groups excluding carboxylic acids is 1. The minimum Gasteiger partial charge on any atom is -0.316 e. The Labute approximate surface area is 120 Å². The summed E-state index contributed by atoms with van der Waals surface area (Å²) in [5, 5.41) is 4.04. The molecule has 2 rings (SSSR count). The summed E-state index contributed by atoms with van der Waals surface area (Å²) in [4.78, 5) is 12.7. The van der Waals surface area contributed by atoms with Crippen LogP contribution in [-0.2, 0) is 11.2 Å². The molecule has 1 aliphatic heterocycles. The van der Waals surface area contributed by atoms with Gasteiger partial charge < -0.3 is 5.32 Å².